The van der Waals surface area contributed by atoms with Crippen LogP contribution in [-0.2, 0) is 12.8 Å². The summed E-state index contributed by atoms with van der Waals surface area (Å²) in [4.78, 5) is 0. The second kappa shape index (κ2) is 6.10. The van der Waals surface area contributed by atoms with Crippen molar-refractivity contribution in [3.8, 4) is 0 Å². The van der Waals surface area contributed by atoms with Gasteiger partial charge >= 0.3 is 0 Å². The van der Waals surface area contributed by atoms with Gasteiger partial charge in [-0.05, 0) is 36.1 Å². The average molecular weight is 240 g/mol. The molecule has 0 atom stereocenters. The smallest absolute Gasteiger partial charge is 0.0603 e. The highest BCUT2D eigenvalue weighted by atomic mass is 15.4. The highest BCUT2D eigenvalue weighted by molar-refractivity contribution is 5.61. The second-order valence-corrected chi connectivity index (χ2v) is 4.27. The van der Waals surface area contributed by atoms with Crippen LogP contribution in [0.3, 0.4) is 0 Å². The first-order valence-electron chi connectivity index (χ1n) is 6.53. The lowest BCUT2D eigenvalue weighted by Gasteiger charge is -2.16. The molecule has 0 fully saturated rings. The number of nitrogens with one attached hydrogen (secondary N) is 2. The molecule has 0 aliphatic heterocycles. The molecule has 0 saturated carbocycles. The third-order valence-electron chi connectivity index (χ3n) is 3.10. The van der Waals surface area contributed by atoms with Crippen LogP contribution in [0.25, 0.3) is 0 Å². The van der Waals surface area contributed by atoms with E-state index in [9.17, 15) is 0 Å². The van der Waals surface area contributed by atoms with Crippen LogP contribution in [0, 0.1) is 0 Å². The van der Waals surface area contributed by atoms with E-state index in [0.717, 1.165) is 18.5 Å². The van der Waals surface area contributed by atoms with E-state index in [4.69, 9.17) is 0 Å². The fraction of sp³-hybridized carbons (Fsp3) is 0.250. The topological polar surface area (TPSA) is 24.1 Å². The van der Waals surface area contributed by atoms with Crippen molar-refractivity contribution in [1.82, 2.24) is 0 Å². The molecule has 0 unspecified atom stereocenters. The summed E-state index contributed by atoms with van der Waals surface area (Å²) >= 11 is 0. The Bertz CT molecular complexity index is 469. The molecule has 2 nitrogen and oxygen atoms in total. The summed E-state index contributed by atoms with van der Waals surface area (Å²) in [7, 11) is 0. The molecule has 0 aliphatic rings. The molecule has 2 aromatic carbocycles. The van der Waals surface area contributed by atoms with E-state index in [0.29, 0.717) is 0 Å². The van der Waals surface area contributed by atoms with Crippen LogP contribution >= 0.6 is 0 Å². The number of anilines is 2. The van der Waals surface area contributed by atoms with Crippen molar-refractivity contribution >= 4 is 11.4 Å². The van der Waals surface area contributed by atoms with Crippen LogP contribution < -0.4 is 10.9 Å². The zero-order chi connectivity index (χ0) is 12.8. The van der Waals surface area contributed by atoms with Gasteiger partial charge < -0.3 is 10.9 Å². The van der Waals surface area contributed by atoms with Gasteiger partial charge in [0.05, 0.1) is 11.4 Å². The van der Waals surface area contributed by atoms with Gasteiger partial charge in [0.25, 0.3) is 0 Å². The Kier molecular flexibility index (Phi) is 4.24. The molecule has 2 aromatic rings. The van der Waals surface area contributed by atoms with Crippen LogP contribution in [0.4, 0.5) is 11.4 Å². The van der Waals surface area contributed by atoms with Crippen molar-refractivity contribution in [3.05, 3.63) is 59.7 Å². The Morgan fingerprint density at radius 1 is 0.722 bits per heavy atom. The standard InChI is InChI=1S/C16H20N2/c1-3-13-9-8-10-14(4-2)16(13)18-17-15-11-6-5-7-12-15/h5-12,17-18H,3-4H2,1-2H3. The Balaban J connectivity index is 2.17. The largest absolute Gasteiger partial charge is 0.301 e. The first-order valence-corrected chi connectivity index (χ1v) is 6.53. The molecule has 2 N–H and O–H groups in total. The lowest BCUT2D eigenvalue weighted by atomic mass is 10.0. The van der Waals surface area contributed by atoms with Crippen molar-refractivity contribution in [3.63, 3.8) is 0 Å². The Labute approximate surface area is 109 Å². The summed E-state index contributed by atoms with van der Waals surface area (Å²) in [5, 5.41) is 0. The molecule has 0 amide bonds. The average Bonchev–Trinajstić information content (AvgIpc) is 2.45. The quantitative estimate of drug-likeness (QED) is 0.763. The molecule has 0 bridgehead atoms. The van der Waals surface area contributed by atoms with Gasteiger partial charge in [-0.3, -0.25) is 0 Å². The molecular formula is C16H20N2. The van der Waals surface area contributed by atoms with Gasteiger partial charge in [-0.2, -0.15) is 0 Å². The fourth-order valence-electron chi connectivity index (χ4n) is 2.06. The van der Waals surface area contributed by atoms with Crippen LogP contribution in [0.15, 0.2) is 48.5 Å². The monoisotopic (exact) mass is 240 g/mol. The number of hydrogen-bond donors (Lipinski definition) is 2. The maximum atomic E-state index is 3.35. The van der Waals surface area contributed by atoms with Crippen molar-refractivity contribution in [2.45, 2.75) is 26.7 Å². The minimum atomic E-state index is 1.03. The van der Waals surface area contributed by atoms with E-state index in [1.807, 2.05) is 30.3 Å². The van der Waals surface area contributed by atoms with Crippen LogP contribution in [0.5, 0.6) is 0 Å². The number of aryl methyl sites for hydroxylation is 2. The number of rotatable bonds is 5. The first kappa shape index (κ1) is 12.5. The van der Waals surface area contributed by atoms with E-state index < -0.39 is 0 Å². The van der Waals surface area contributed by atoms with E-state index in [2.05, 4.69) is 42.9 Å². The number of hydrazine groups is 1. The summed E-state index contributed by atoms with van der Waals surface area (Å²) < 4.78 is 0. The fourth-order valence-corrected chi connectivity index (χ4v) is 2.06. The molecule has 0 aromatic heterocycles. The second-order valence-electron chi connectivity index (χ2n) is 4.27. The lowest BCUT2D eigenvalue weighted by Crippen LogP contribution is -2.12. The maximum Gasteiger partial charge on any atom is 0.0603 e. The predicted molar refractivity (Wildman–Crippen MR) is 78.9 cm³/mol. The maximum absolute atomic E-state index is 3.35. The first-order chi connectivity index (χ1) is 8.85. The number of benzene rings is 2. The molecule has 0 saturated heterocycles. The van der Waals surface area contributed by atoms with Gasteiger partial charge in [-0.15, -0.1) is 0 Å². The summed E-state index contributed by atoms with van der Waals surface area (Å²) in [6, 6.07) is 16.6. The van der Waals surface area contributed by atoms with E-state index in [1.165, 1.54) is 16.8 Å². The van der Waals surface area contributed by atoms with Crippen molar-refractivity contribution in [1.29, 1.82) is 0 Å². The Hall–Kier alpha value is -1.96. The molecule has 2 rings (SSSR count). The summed E-state index contributed by atoms with van der Waals surface area (Å²) in [6.45, 7) is 4.37. The van der Waals surface area contributed by atoms with E-state index in [1.54, 1.807) is 0 Å². The highest BCUT2D eigenvalue weighted by Crippen LogP contribution is 2.22. The van der Waals surface area contributed by atoms with Crippen LogP contribution in [0.2, 0.25) is 0 Å². The molecular weight excluding hydrogens is 220 g/mol. The van der Waals surface area contributed by atoms with Gasteiger partial charge in [-0.25, -0.2) is 0 Å². The molecule has 94 valence electrons. The zero-order valence-corrected chi connectivity index (χ0v) is 11.0. The molecule has 0 radical (unpaired) electrons. The predicted octanol–water partition coefficient (Wildman–Crippen LogP) is 4.25. The Morgan fingerprint density at radius 3 is 1.89 bits per heavy atom. The lowest BCUT2D eigenvalue weighted by molar-refractivity contribution is 1.08. The Morgan fingerprint density at radius 2 is 1.33 bits per heavy atom. The van der Waals surface area contributed by atoms with Gasteiger partial charge in [0.2, 0.25) is 0 Å². The molecule has 0 aliphatic carbocycles. The van der Waals surface area contributed by atoms with Crippen LogP contribution in [0.1, 0.15) is 25.0 Å². The van der Waals surface area contributed by atoms with Gasteiger partial charge in [0, 0.05) is 0 Å². The molecule has 0 heterocycles. The summed E-state index contributed by atoms with van der Waals surface area (Å²) in [5.74, 6) is 0. The SMILES string of the molecule is CCc1cccc(CC)c1NNc1ccccc1. The van der Waals surface area contributed by atoms with Gasteiger partial charge in [-0.1, -0.05) is 50.2 Å². The summed E-state index contributed by atoms with van der Waals surface area (Å²) in [6.07, 6.45) is 2.07. The van der Waals surface area contributed by atoms with Crippen molar-refractivity contribution in [2.24, 2.45) is 0 Å². The molecule has 0 spiro atoms. The normalized spacial score (nSPS) is 10.1. The van der Waals surface area contributed by atoms with Crippen LogP contribution in [-0.4, -0.2) is 0 Å². The molecule has 2 heteroatoms. The third kappa shape index (κ3) is 2.83. The van der Waals surface area contributed by atoms with E-state index >= 15 is 0 Å². The minimum Gasteiger partial charge on any atom is -0.301 e. The third-order valence-corrected chi connectivity index (χ3v) is 3.10. The molecule has 18 heavy (non-hydrogen) atoms. The minimum absolute atomic E-state index is 1.03. The zero-order valence-electron chi connectivity index (χ0n) is 11.0. The number of para-hydroxylation sites is 2. The van der Waals surface area contributed by atoms with Crippen molar-refractivity contribution < 1.29 is 0 Å². The highest BCUT2D eigenvalue weighted by Gasteiger charge is 2.05. The number of hydrogen-bond acceptors (Lipinski definition) is 2. The van der Waals surface area contributed by atoms with E-state index in [-0.39, 0.29) is 0 Å². The summed E-state index contributed by atoms with van der Waals surface area (Å²) in [5.41, 5.74) is 11.6. The van der Waals surface area contributed by atoms with Gasteiger partial charge in [0.15, 0.2) is 0 Å². The van der Waals surface area contributed by atoms with Gasteiger partial charge in [0.1, 0.15) is 0 Å². The van der Waals surface area contributed by atoms with Crippen molar-refractivity contribution in [2.75, 3.05) is 10.9 Å².